The molecule has 4 aromatic heterocycles. The first-order chi connectivity index (χ1) is 27.7. The Kier molecular flexibility index (Phi) is 9.75. The summed E-state index contributed by atoms with van der Waals surface area (Å²) in [6.07, 6.45) is 8.83. The third-order valence-electron chi connectivity index (χ3n) is 11.6. The van der Waals surface area contributed by atoms with Crippen LogP contribution in [0.15, 0.2) is 53.7 Å². The van der Waals surface area contributed by atoms with Crippen LogP contribution in [-0.2, 0) is 5.54 Å². The van der Waals surface area contributed by atoms with E-state index in [4.69, 9.17) is 31.6 Å². The summed E-state index contributed by atoms with van der Waals surface area (Å²) in [6, 6.07) is 15.0. The predicted octanol–water partition coefficient (Wildman–Crippen LogP) is 7.19. The number of anilines is 1. The molecule has 0 atom stereocenters. The fourth-order valence-corrected chi connectivity index (χ4v) is 9.43. The van der Waals surface area contributed by atoms with Crippen molar-refractivity contribution in [3.63, 3.8) is 0 Å². The summed E-state index contributed by atoms with van der Waals surface area (Å²) in [6.45, 7) is 7.96. The lowest BCUT2D eigenvalue weighted by molar-refractivity contribution is 0.0888. The van der Waals surface area contributed by atoms with Gasteiger partial charge in [-0.15, -0.1) is 31.7 Å². The van der Waals surface area contributed by atoms with Gasteiger partial charge in [-0.2, -0.15) is 5.26 Å². The number of nitrogens with one attached hydrogen (secondary N) is 1. The van der Waals surface area contributed by atoms with Gasteiger partial charge in [-0.1, -0.05) is 23.4 Å². The zero-order valence-corrected chi connectivity index (χ0v) is 33.6. The molecule has 3 fully saturated rings. The number of aromatic nitrogens is 6. The molecule has 14 heteroatoms. The van der Waals surface area contributed by atoms with E-state index in [0.717, 1.165) is 109 Å². The van der Waals surface area contributed by atoms with Crippen LogP contribution in [0.5, 0.6) is 5.75 Å². The van der Waals surface area contributed by atoms with Crippen molar-refractivity contribution in [3.05, 3.63) is 104 Å². The summed E-state index contributed by atoms with van der Waals surface area (Å²) >= 11 is 7.92. The first-order valence-electron chi connectivity index (χ1n) is 19.5. The number of nitrogens with zero attached hydrogens (tertiary/aromatic N) is 9. The molecule has 288 valence electrons. The van der Waals surface area contributed by atoms with Gasteiger partial charge in [0, 0.05) is 53.3 Å². The van der Waals surface area contributed by atoms with E-state index in [0.29, 0.717) is 22.0 Å². The summed E-state index contributed by atoms with van der Waals surface area (Å²) in [5, 5.41) is 31.4. The van der Waals surface area contributed by atoms with E-state index in [9.17, 15) is 4.79 Å². The molecule has 1 N–H and O–H groups in total. The lowest BCUT2D eigenvalue weighted by atomic mass is 9.93. The van der Waals surface area contributed by atoms with Gasteiger partial charge in [0.25, 0.3) is 5.91 Å². The highest BCUT2D eigenvalue weighted by Crippen LogP contribution is 2.53. The molecule has 4 aliphatic rings. The number of hydrogen-bond acceptors (Lipinski definition) is 11. The number of pyridine rings is 1. The van der Waals surface area contributed by atoms with E-state index in [1.54, 1.807) is 35.6 Å². The van der Waals surface area contributed by atoms with Gasteiger partial charge in [0.05, 0.1) is 28.1 Å². The lowest BCUT2D eigenvalue weighted by Crippen LogP contribution is -2.40. The van der Waals surface area contributed by atoms with Crippen molar-refractivity contribution < 1.29 is 9.53 Å². The quantitative estimate of drug-likeness (QED) is 0.176. The Morgan fingerprint density at radius 1 is 0.982 bits per heavy atom. The Labute approximate surface area is 340 Å². The zero-order valence-electron chi connectivity index (χ0n) is 32.0. The highest BCUT2D eigenvalue weighted by molar-refractivity contribution is 7.15. The maximum atomic E-state index is 13.0. The number of thiophene rings is 1. The molecule has 1 amide bonds. The topological polar surface area (TPSA) is 147 Å². The highest BCUT2D eigenvalue weighted by Gasteiger charge is 2.51. The van der Waals surface area contributed by atoms with E-state index in [2.05, 4.69) is 79.1 Å². The van der Waals surface area contributed by atoms with E-state index in [1.165, 1.54) is 10.4 Å². The van der Waals surface area contributed by atoms with E-state index in [1.807, 2.05) is 19.2 Å². The number of benzene rings is 1. The number of aliphatic imine (C=N–C) groups is 1. The number of amides is 1. The van der Waals surface area contributed by atoms with Gasteiger partial charge in [0.2, 0.25) is 0 Å². The monoisotopic (exact) mass is 796 g/mol. The standard InChI is InChI=1S/C43H41ClN10O2S/c1-25-26(2)57-41-38(25)39(48-43(18-19-43)42-52-49-27(3)54(41)42)35-13-6-29(24-46-35)5-4-28-16-20-53(21-17-28)37-15-14-36(50-51-37)40(55)47-31-8-11-32(12-9-31)56-33-10-7-30(23-45)34(44)22-33/h6-7,10,13-15,22,24,28,31-32H,8-9,11-12,16-21H2,1-3H3,(H,47,55). The second kappa shape index (κ2) is 15.0. The van der Waals surface area contributed by atoms with E-state index in [-0.39, 0.29) is 29.5 Å². The number of carbonyl (C=O) groups is 1. The van der Waals surface area contributed by atoms with E-state index >= 15 is 0 Å². The van der Waals surface area contributed by atoms with Crippen LogP contribution in [0.4, 0.5) is 5.82 Å². The summed E-state index contributed by atoms with van der Waals surface area (Å²) in [7, 11) is 0. The van der Waals surface area contributed by atoms with Crippen LogP contribution in [0.25, 0.3) is 5.00 Å². The summed E-state index contributed by atoms with van der Waals surface area (Å²) < 4.78 is 8.30. The number of rotatable bonds is 6. The summed E-state index contributed by atoms with van der Waals surface area (Å²) in [4.78, 5) is 26.7. The maximum Gasteiger partial charge on any atom is 0.272 e. The minimum Gasteiger partial charge on any atom is -0.490 e. The maximum absolute atomic E-state index is 13.0. The molecule has 0 bridgehead atoms. The number of piperidine rings is 1. The minimum atomic E-state index is -0.337. The smallest absolute Gasteiger partial charge is 0.272 e. The van der Waals surface area contributed by atoms with Crippen LogP contribution in [0.3, 0.4) is 0 Å². The molecule has 5 aromatic rings. The van der Waals surface area contributed by atoms with Gasteiger partial charge < -0.3 is 15.0 Å². The van der Waals surface area contributed by atoms with Crippen molar-refractivity contribution in [2.24, 2.45) is 10.9 Å². The van der Waals surface area contributed by atoms with Gasteiger partial charge in [0.1, 0.15) is 28.2 Å². The molecule has 1 aromatic carbocycles. The van der Waals surface area contributed by atoms with E-state index < -0.39 is 0 Å². The molecule has 0 radical (unpaired) electrons. The van der Waals surface area contributed by atoms with Gasteiger partial charge in [-0.3, -0.25) is 19.3 Å². The average Bonchev–Trinajstić information content (AvgIpc) is 3.85. The Balaban J connectivity index is 0.772. The molecule has 12 nitrogen and oxygen atoms in total. The van der Waals surface area contributed by atoms with Crippen LogP contribution >= 0.6 is 22.9 Å². The van der Waals surface area contributed by atoms with Crippen molar-refractivity contribution in [2.75, 3.05) is 18.0 Å². The Morgan fingerprint density at radius 2 is 1.79 bits per heavy atom. The second-order valence-electron chi connectivity index (χ2n) is 15.4. The number of aryl methyl sites for hydroxylation is 2. The normalized spacial score (nSPS) is 19.6. The van der Waals surface area contributed by atoms with Crippen molar-refractivity contribution in [1.29, 1.82) is 5.26 Å². The third kappa shape index (κ3) is 7.26. The lowest BCUT2D eigenvalue weighted by Gasteiger charge is -2.30. The molecule has 57 heavy (non-hydrogen) atoms. The van der Waals surface area contributed by atoms with Gasteiger partial charge in [-0.05, 0) is 114 Å². The first-order valence-corrected chi connectivity index (χ1v) is 20.7. The van der Waals surface area contributed by atoms with Crippen LogP contribution in [0, 0.1) is 49.9 Å². The average molecular weight is 797 g/mol. The molecule has 1 saturated heterocycles. The molecule has 2 aliphatic carbocycles. The molecule has 6 heterocycles. The fourth-order valence-electron chi connectivity index (χ4n) is 8.01. The van der Waals surface area contributed by atoms with Crippen molar-refractivity contribution in [3.8, 4) is 28.7 Å². The molecule has 1 spiro atoms. The van der Waals surface area contributed by atoms with Gasteiger partial charge in [-0.25, -0.2) is 0 Å². The second-order valence-corrected chi connectivity index (χ2v) is 17.0. The van der Waals surface area contributed by atoms with Crippen LogP contribution in [-0.4, -0.2) is 66.8 Å². The molecule has 2 aliphatic heterocycles. The third-order valence-corrected chi connectivity index (χ3v) is 13.1. The summed E-state index contributed by atoms with van der Waals surface area (Å²) in [5.41, 5.74) is 5.41. The van der Waals surface area contributed by atoms with Crippen LogP contribution in [0.2, 0.25) is 5.02 Å². The molecule has 0 unspecified atom stereocenters. The number of fused-ring (bicyclic) bond motifs is 4. The largest absolute Gasteiger partial charge is 0.490 e. The van der Waals surface area contributed by atoms with Crippen molar-refractivity contribution >= 4 is 40.4 Å². The Hall–Kier alpha value is -5.63. The Bertz CT molecular complexity index is 2490. The number of nitriles is 1. The molecule has 2 saturated carbocycles. The number of halogens is 1. The van der Waals surface area contributed by atoms with Crippen molar-refractivity contribution in [1.82, 2.24) is 35.3 Å². The molecular formula is C43H41ClN10O2S. The van der Waals surface area contributed by atoms with Crippen LogP contribution < -0.4 is 15.0 Å². The summed E-state index contributed by atoms with van der Waals surface area (Å²) in [5.74, 6) is 10.2. The zero-order chi connectivity index (χ0) is 39.3. The highest BCUT2D eigenvalue weighted by atomic mass is 35.5. The van der Waals surface area contributed by atoms with Crippen molar-refractivity contribution in [2.45, 2.75) is 89.8 Å². The molecule has 9 rings (SSSR count). The molecular weight excluding hydrogens is 756 g/mol. The first kappa shape index (κ1) is 37.0. The minimum absolute atomic E-state index is 0.0301. The number of ether oxygens (including phenoxy) is 1. The SMILES string of the molecule is Cc1sc2c(c1C)C(c1ccc(C#CC3CCN(c4ccc(C(=O)NC5CCC(Oc6ccc(C#N)c(Cl)c6)CC5)nn4)CC3)cn1)=NC1(CC1)c1nnc(C)n1-2. The fraction of sp³-hybridized carbons (Fsp3) is 0.395. The number of carbonyl (C=O) groups excluding carboxylic acids is 1. The number of hydrogen-bond donors (Lipinski definition) is 1. The van der Waals surface area contributed by atoms with Crippen LogP contribution in [0.1, 0.15) is 106 Å². The van der Waals surface area contributed by atoms with Gasteiger partial charge in [0.15, 0.2) is 17.3 Å². The Morgan fingerprint density at radius 3 is 2.47 bits per heavy atom. The predicted molar refractivity (Wildman–Crippen MR) is 218 cm³/mol. The van der Waals surface area contributed by atoms with Gasteiger partial charge >= 0.3 is 0 Å².